The highest BCUT2D eigenvalue weighted by Gasteiger charge is 2.24. The van der Waals surface area contributed by atoms with Crippen molar-refractivity contribution in [3.05, 3.63) is 238 Å². The summed E-state index contributed by atoms with van der Waals surface area (Å²) in [4.78, 5) is 28.2. The quantitative estimate of drug-likeness (QED) is 0.129. The molecule has 0 unspecified atom stereocenters. The molecule has 1 aliphatic carbocycles. The van der Waals surface area contributed by atoms with E-state index in [-0.39, 0.29) is 38.2 Å². The summed E-state index contributed by atoms with van der Waals surface area (Å²) in [5, 5.41) is 20.7. The van der Waals surface area contributed by atoms with Crippen LogP contribution < -0.4 is 29.6 Å². The fourth-order valence-corrected chi connectivity index (χ4v) is 12.8. The third-order valence-corrected chi connectivity index (χ3v) is 16.8. The fourth-order valence-electron chi connectivity index (χ4n) is 12.8. The van der Waals surface area contributed by atoms with Crippen molar-refractivity contribution in [3.63, 3.8) is 0 Å². The van der Waals surface area contributed by atoms with Crippen LogP contribution in [0.25, 0.3) is 64.6 Å². The van der Waals surface area contributed by atoms with E-state index in [0.717, 1.165) is 77.9 Å². The van der Waals surface area contributed by atoms with Gasteiger partial charge in [0.15, 0.2) is 13.2 Å². The summed E-state index contributed by atoms with van der Waals surface area (Å²) >= 11 is 0. The van der Waals surface area contributed by atoms with Gasteiger partial charge in [0.1, 0.15) is 36.2 Å². The van der Waals surface area contributed by atoms with Crippen LogP contribution in [0, 0.1) is 0 Å². The molecule has 0 saturated heterocycles. The molecule has 2 N–H and O–H groups in total. The van der Waals surface area contributed by atoms with Gasteiger partial charge in [0.05, 0.1) is 39.6 Å². The normalized spacial score (nSPS) is 14.4. The highest BCUT2D eigenvalue weighted by atomic mass is 16.6. The Bertz CT molecular complexity index is 4040. The molecule has 424 valence electrons. The number of para-hydroxylation sites is 4. The number of rotatable bonds is 10. The lowest BCUT2D eigenvalue weighted by atomic mass is 9.91. The Morgan fingerprint density at radius 1 is 0.329 bits per heavy atom. The molecule has 0 atom stereocenters. The first-order chi connectivity index (χ1) is 42.0. The van der Waals surface area contributed by atoms with Crippen molar-refractivity contribution in [2.45, 2.75) is 38.8 Å². The summed E-state index contributed by atoms with van der Waals surface area (Å²) in [6, 6.07) is 63.6. The van der Waals surface area contributed by atoms with Gasteiger partial charge in [0, 0.05) is 38.8 Å². The Hall–Kier alpha value is -9.26. The topological polar surface area (TPSA) is 123 Å². The highest BCUT2D eigenvalue weighted by Crippen LogP contribution is 2.41. The number of carbonyl (C=O) groups excluding carboxylic acids is 2. The van der Waals surface area contributed by atoms with Crippen molar-refractivity contribution in [3.8, 4) is 23.0 Å². The minimum absolute atomic E-state index is 0.198. The molecular formula is C74H64N2O9. The molecule has 0 aromatic heterocycles. The zero-order valence-electron chi connectivity index (χ0n) is 47.3. The average Bonchev–Trinajstić information content (AvgIpc) is 3.53. The zero-order chi connectivity index (χ0) is 57.1. The Morgan fingerprint density at radius 2 is 0.624 bits per heavy atom. The molecule has 85 heavy (non-hydrogen) atoms. The fraction of sp³-hybridized carbons (Fsp3) is 0.216. The molecule has 0 saturated carbocycles. The van der Waals surface area contributed by atoms with Crippen LogP contribution in [-0.2, 0) is 62.6 Å². The second kappa shape index (κ2) is 24.1. The zero-order valence-corrected chi connectivity index (χ0v) is 47.3. The van der Waals surface area contributed by atoms with Crippen molar-refractivity contribution in [2.75, 3.05) is 66.1 Å². The number of ether oxygens (including phenoxy) is 7. The van der Waals surface area contributed by atoms with Crippen molar-refractivity contribution in [1.29, 1.82) is 0 Å². The van der Waals surface area contributed by atoms with E-state index in [1.165, 1.54) is 53.9 Å². The van der Waals surface area contributed by atoms with Gasteiger partial charge in [0.25, 0.3) is 11.8 Å². The maximum atomic E-state index is 14.1. The van der Waals surface area contributed by atoms with E-state index in [1.807, 2.05) is 0 Å². The average molecular weight is 1130 g/mol. The van der Waals surface area contributed by atoms with Gasteiger partial charge in [-0.1, -0.05) is 182 Å². The molecular weight excluding hydrogens is 1060 g/mol. The number of benzene rings is 12. The van der Waals surface area contributed by atoms with Gasteiger partial charge in [-0.05, 0) is 120 Å². The smallest absolute Gasteiger partial charge is 0.258 e. The van der Waals surface area contributed by atoms with Crippen LogP contribution in [0.2, 0.25) is 0 Å². The summed E-state index contributed by atoms with van der Waals surface area (Å²) < 4.78 is 45.1. The molecule has 2 aliphatic rings. The maximum Gasteiger partial charge on any atom is 0.258 e. The second-order valence-corrected chi connectivity index (χ2v) is 22.2. The first kappa shape index (κ1) is 53.7. The van der Waals surface area contributed by atoms with Crippen molar-refractivity contribution in [2.24, 2.45) is 0 Å². The van der Waals surface area contributed by atoms with Gasteiger partial charge < -0.3 is 43.8 Å². The Labute approximate surface area is 493 Å². The standard InChI is InChI=1S/C74H64N2O9/c77-65(75-43-61-25-23-51-21-19-47-7-1-9-49-27-29-63(61)69(51)67(47)49)45-84-73-57-15-5-16-58(73)40-54-12-4-14-56-42-60-18-6-17-59(41-55-13-3-11-53(39-57)71(55)82-37-35-80-33-31-79-32-34-81-36-38-83-72(54)56)74(60)85-46-66(78)76-44-62-26-24-52-22-20-48-8-2-10-50-28-30-64(62)70(52)68(48)50/h1-30H,31-46H2,(H,75,77)(H,76,78). The SMILES string of the molecule is O=C(COc1c2cccc1Cc1cccc3c1OCCOCCOCCOCCOc1c(cccc1Cc1cccc(c1OCC(=O)NCc1ccc4ccc5cccc6ccc1c4c56)C3)C2)NCc1ccc2ccc3cccc4ccc1c2c34. The van der Waals surface area contributed by atoms with Crippen molar-refractivity contribution in [1.82, 2.24) is 10.6 Å². The predicted molar refractivity (Wildman–Crippen MR) is 335 cm³/mol. The lowest BCUT2D eigenvalue weighted by Crippen LogP contribution is -2.29. The number of hydrogen-bond donors (Lipinski definition) is 2. The van der Waals surface area contributed by atoms with Gasteiger partial charge in [-0.25, -0.2) is 0 Å². The van der Waals surface area contributed by atoms with Crippen LogP contribution in [0.4, 0.5) is 0 Å². The molecule has 10 bridgehead atoms. The molecule has 0 radical (unpaired) electrons. The lowest BCUT2D eigenvalue weighted by molar-refractivity contribution is -0.124. The van der Waals surface area contributed by atoms with Crippen molar-refractivity contribution >= 4 is 76.4 Å². The first-order valence-electron chi connectivity index (χ1n) is 29.5. The minimum Gasteiger partial charge on any atom is -0.491 e. The first-order valence-corrected chi connectivity index (χ1v) is 29.5. The largest absolute Gasteiger partial charge is 0.491 e. The van der Waals surface area contributed by atoms with Gasteiger partial charge >= 0.3 is 0 Å². The molecule has 1 aliphatic heterocycles. The summed E-state index contributed by atoms with van der Waals surface area (Å²) in [6.45, 7) is 3.20. The summed E-state index contributed by atoms with van der Waals surface area (Å²) in [5.74, 6) is 2.24. The molecule has 11 nitrogen and oxygen atoms in total. The van der Waals surface area contributed by atoms with Crippen LogP contribution >= 0.6 is 0 Å². The summed E-state index contributed by atoms with van der Waals surface area (Å²) in [6.07, 6.45) is 1.73. The molecule has 0 spiro atoms. The summed E-state index contributed by atoms with van der Waals surface area (Å²) in [5.41, 5.74) is 9.41. The van der Waals surface area contributed by atoms with Gasteiger partial charge in [0.2, 0.25) is 0 Å². The third-order valence-electron chi connectivity index (χ3n) is 16.8. The number of nitrogens with one attached hydrogen (secondary N) is 2. The van der Waals surface area contributed by atoms with E-state index in [0.29, 0.717) is 89.9 Å². The molecule has 11 heteroatoms. The number of fused-ring (bicyclic) bond motifs is 2. The number of hydrogen-bond acceptors (Lipinski definition) is 9. The van der Waals surface area contributed by atoms with Crippen LogP contribution in [0.15, 0.2) is 182 Å². The van der Waals surface area contributed by atoms with E-state index in [1.54, 1.807) is 0 Å². The monoisotopic (exact) mass is 1120 g/mol. The van der Waals surface area contributed by atoms with E-state index in [2.05, 4.69) is 193 Å². The highest BCUT2D eigenvalue weighted by molar-refractivity contribution is 6.24. The molecule has 2 amide bonds. The van der Waals surface area contributed by atoms with Gasteiger partial charge in [-0.15, -0.1) is 0 Å². The van der Waals surface area contributed by atoms with Crippen molar-refractivity contribution < 1.29 is 42.7 Å². The summed E-state index contributed by atoms with van der Waals surface area (Å²) in [7, 11) is 0. The van der Waals surface area contributed by atoms with Crippen LogP contribution in [0.1, 0.15) is 55.6 Å². The number of carbonyl (C=O) groups is 2. The molecule has 14 rings (SSSR count). The Balaban J connectivity index is 0.786. The maximum absolute atomic E-state index is 14.1. The molecule has 12 aromatic rings. The van der Waals surface area contributed by atoms with Gasteiger partial charge in [-0.3, -0.25) is 9.59 Å². The second-order valence-electron chi connectivity index (χ2n) is 22.2. The van der Waals surface area contributed by atoms with E-state index >= 15 is 0 Å². The van der Waals surface area contributed by atoms with E-state index < -0.39 is 0 Å². The minimum atomic E-state index is -0.232. The molecule has 0 fully saturated rings. The Kier molecular flexibility index (Phi) is 15.3. The van der Waals surface area contributed by atoms with Crippen LogP contribution in [-0.4, -0.2) is 77.9 Å². The lowest BCUT2D eigenvalue weighted by Gasteiger charge is -2.23. The van der Waals surface area contributed by atoms with E-state index in [9.17, 15) is 9.59 Å². The van der Waals surface area contributed by atoms with Gasteiger partial charge in [-0.2, -0.15) is 0 Å². The Morgan fingerprint density at radius 3 is 0.988 bits per heavy atom. The molecule has 12 aromatic carbocycles. The third kappa shape index (κ3) is 11.1. The van der Waals surface area contributed by atoms with Crippen LogP contribution in [0.5, 0.6) is 23.0 Å². The molecule has 1 heterocycles. The van der Waals surface area contributed by atoms with E-state index in [4.69, 9.17) is 33.2 Å². The van der Waals surface area contributed by atoms with Crippen LogP contribution in [0.3, 0.4) is 0 Å². The number of amides is 2. The predicted octanol–water partition coefficient (Wildman–Crippen LogP) is 13.4.